The summed E-state index contributed by atoms with van der Waals surface area (Å²) in [6.07, 6.45) is 3.86. The second-order valence-corrected chi connectivity index (χ2v) is 6.51. The molecule has 4 heteroatoms. The number of hydrogen-bond acceptors (Lipinski definition) is 4. The van der Waals surface area contributed by atoms with E-state index in [9.17, 15) is 0 Å². The highest BCUT2D eigenvalue weighted by Gasteiger charge is 2.29. The Bertz CT molecular complexity index is 597. The molecule has 0 aliphatic carbocycles. The van der Waals surface area contributed by atoms with E-state index in [2.05, 4.69) is 53.7 Å². The van der Waals surface area contributed by atoms with Gasteiger partial charge in [0.2, 0.25) is 0 Å². The van der Waals surface area contributed by atoms with E-state index in [1.807, 2.05) is 18.0 Å². The molecule has 110 valence electrons. The first-order valence-electron chi connectivity index (χ1n) is 7.43. The zero-order chi connectivity index (χ0) is 14.7. The van der Waals surface area contributed by atoms with Gasteiger partial charge in [-0.2, -0.15) is 0 Å². The highest BCUT2D eigenvalue weighted by molar-refractivity contribution is 7.99. The summed E-state index contributed by atoms with van der Waals surface area (Å²) in [5, 5.41) is 0. The molecule has 0 saturated heterocycles. The van der Waals surface area contributed by atoms with E-state index in [4.69, 9.17) is 5.84 Å². The molecule has 2 atom stereocenters. The maximum Gasteiger partial charge on any atom is 0.0420 e. The number of aromatic nitrogens is 1. The molecular formula is C17H21N3S. The molecular weight excluding hydrogens is 278 g/mol. The number of nitrogens with zero attached hydrogens (tertiary/aromatic N) is 1. The van der Waals surface area contributed by atoms with Crippen LogP contribution in [-0.2, 0) is 12.8 Å². The average Bonchev–Trinajstić information content (AvgIpc) is 2.97. The molecule has 2 heterocycles. The first kappa shape index (κ1) is 14.6. The number of benzene rings is 1. The van der Waals surface area contributed by atoms with E-state index in [-0.39, 0.29) is 6.04 Å². The van der Waals surface area contributed by atoms with Crippen LogP contribution in [0.4, 0.5) is 0 Å². The molecule has 0 amide bonds. The molecule has 0 bridgehead atoms. The Kier molecular flexibility index (Phi) is 4.58. The minimum Gasteiger partial charge on any atom is -0.271 e. The Balaban J connectivity index is 1.76. The fraction of sp³-hybridized carbons (Fsp3) is 0.353. The summed E-state index contributed by atoms with van der Waals surface area (Å²) in [6.45, 7) is 2.15. The van der Waals surface area contributed by atoms with Crippen molar-refractivity contribution >= 4 is 11.8 Å². The minimum atomic E-state index is 0.223. The van der Waals surface area contributed by atoms with E-state index >= 15 is 0 Å². The molecule has 0 radical (unpaired) electrons. The summed E-state index contributed by atoms with van der Waals surface area (Å²) in [5.74, 6) is 7.36. The summed E-state index contributed by atoms with van der Waals surface area (Å²) >= 11 is 1.92. The van der Waals surface area contributed by atoms with Crippen molar-refractivity contribution in [1.29, 1.82) is 0 Å². The molecule has 2 unspecified atom stereocenters. The topological polar surface area (TPSA) is 50.9 Å². The number of fused-ring (bicyclic) bond motifs is 1. The van der Waals surface area contributed by atoms with Gasteiger partial charge in [-0.05, 0) is 29.7 Å². The van der Waals surface area contributed by atoms with Crippen LogP contribution in [0.5, 0.6) is 0 Å². The Morgan fingerprint density at radius 2 is 2.19 bits per heavy atom. The Hall–Kier alpha value is -1.36. The number of nitrogens with one attached hydrogen (secondary N) is 1. The SMILES string of the molecule is CCc1ccc(CC(NN)C2CSc3ccccc32)nc1. The molecule has 1 aromatic carbocycles. The van der Waals surface area contributed by atoms with Crippen molar-refractivity contribution in [2.45, 2.75) is 36.6 Å². The normalized spacial score (nSPS) is 18.5. The third-order valence-electron chi connectivity index (χ3n) is 4.16. The highest BCUT2D eigenvalue weighted by atomic mass is 32.2. The number of thioether (sulfide) groups is 1. The van der Waals surface area contributed by atoms with Gasteiger partial charge in [0, 0.05) is 40.9 Å². The maximum atomic E-state index is 5.83. The molecule has 3 N–H and O–H groups in total. The van der Waals surface area contributed by atoms with Crippen molar-refractivity contribution in [3.8, 4) is 0 Å². The van der Waals surface area contributed by atoms with E-state index < -0.39 is 0 Å². The quantitative estimate of drug-likeness (QED) is 0.658. The van der Waals surface area contributed by atoms with Crippen LogP contribution < -0.4 is 11.3 Å². The number of hydrogen-bond donors (Lipinski definition) is 2. The van der Waals surface area contributed by atoms with Crippen LogP contribution in [0.3, 0.4) is 0 Å². The van der Waals surface area contributed by atoms with Gasteiger partial charge in [-0.1, -0.05) is 31.2 Å². The third-order valence-corrected chi connectivity index (χ3v) is 5.37. The van der Waals surface area contributed by atoms with Crippen LogP contribution >= 0.6 is 11.8 Å². The van der Waals surface area contributed by atoms with Gasteiger partial charge < -0.3 is 0 Å². The number of aryl methyl sites for hydroxylation is 1. The van der Waals surface area contributed by atoms with Crippen LogP contribution in [0.2, 0.25) is 0 Å². The third kappa shape index (κ3) is 3.12. The van der Waals surface area contributed by atoms with E-state index in [1.54, 1.807) is 0 Å². The van der Waals surface area contributed by atoms with Gasteiger partial charge in [0.05, 0.1) is 0 Å². The van der Waals surface area contributed by atoms with E-state index in [0.717, 1.165) is 24.3 Å². The predicted octanol–water partition coefficient (Wildman–Crippen LogP) is 2.91. The Morgan fingerprint density at radius 1 is 1.33 bits per heavy atom. The van der Waals surface area contributed by atoms with Gasteiger partial charge in [0.15, 0.2) is 0 Å². The maximum absolute atomic E-state index is 5.83. The van der Waals surface area contributed by atoms with Crippen LogP contribution in [0.25, 0.3) is 0 Å². The standard InChI is InChI=1S/C17H21N3S/c1-2-12-7-8-13(19-10-12)9-16(20-18)15-11-21-17-6-4-3-5-14(15)17/h3-8,10,15-16,20H,2,9,11,18H2,1H3. The fourth-order valence-corrected chi connectivity index (χ4v) is 4.18. The van der Waals surface area contributed by atoms with Crippen LogP contribution in [0.1, 0.15) is 29.7 Å². The van der Waals surface area contributed by atoms with Crippen LogP contribution in [0.15, 0.2) is 47.5 Å². The largest absolute Gasteiger partial charge is 0.271 e. The molecule has 0 fully saturated rings. The molecule has 0 spiro atoms. The van der Waals surface area contributed by atoms with Crippen molar-refractivity contribution in [2.75, 3.05) is 5.75 Å². The number of rotatable bonds is 5. The van der Waals surface area contributed by atoms with Gasteiger partial charge >= 0.3 is 0 Å². The molecule has 1 aliphatic rings. The van der Waals surface area contributed by atoms with E-state index in [1.165, 1.54) is 16.0 Å². The van der Waals surface area contributed by atoms with Crippen LogP contribution in [-0.4, -0.2) is 16.8 Å². The summed E-state index contributed by atoms with van der Waals surface area (Å²) in [6, 6.07) is 13.1. The number of nitrogens with two attached hydrogens (primary N) is 1. The smallest absolute Gasteiger partial charge is 0.0420 e. The second-order valence-electron chi connectivity index (χ2n) is 5.44. The molecule has 21 heavy (non-hydrogen) atoms. The van der Waals surface area contributed by atoms with Crippen molar-refractivity contribution < 1.29 is 0 Å². The fourth-order valence-electron chi connectivity index (χ4n) is 2.85. The summed E-state index contributed by atoms with van der Waals surface area (Å²) < 4.78 is 0. The first-order valence-corrected chi connectivity index (χ1v) is 8.42. The molecule has 3 rings (SSSR count). The Morgan fingerprint density at radius 3 is 2.90 bits per heavy atom. The first-order chi connectivity index (χ1) is 10.3. The van der Waals surface area contributed by atoms with Gasteiger partial charge in [0.1, 0.15) is 0 Å². The van der Waals surface area contributed by atoms with Crippen LogP contribution in [0, 0.1) is 0 Å². The van der Waals surface area contributed by atoms with Gasteiger partial charge in [-0.25, -0.2) is 0 Å². The lowest BCUT2D eigenvalue weighted by molar-refractivity contribution is 0.459. The van der Waals surface area contributed by atoms with Gasteiger partial charge in [0.25, 0.3) is 0 Å². The van der Waals surface area contributed by atoms with Gasteiger partial charge in [-0.3, -0.25) is 16.3 Å². The number of pyridine rings is 1. The van der Waals surface area contributed by atoms with Crippen molar-refractivity contribution in [3.63, 3.8) is 0 Å². The number of hydrazine groups is 1. The lowest BCUT2D eigenvalue weighted by Crippen LogP contribution is -2.41. The van der Waals surface area contributed by atoms with E-state index in [0.29, 0.717) is 5.92 Å². The Labute approximate surface area is 130 Å². The minimum absolute atomic E-state index is 0.223. The molecule has 1 aliphatic heterocycles. The molecule has 2 aromatic rings. The van der Waals surface area contributed by atoms with Crippen molar-refractivity contribution in [3.05, 3.63) is 59.4 Å². The summed E-state index contributed by atoms with van der Waals surface area (Å²) in [4.78, 5) is 5.95. The predicted molar refractivity (Wildman–Crippen MR) is 88.3 cm³/mol. The second kappa shape index (κ2) is 6.60. The molecule has 3 nitrogen and oxygen atoms in total. The lowest BCUT2D eigenvalue weighted by atomic mass is 9.90. The summed E-state index contributed by atoms with van der Waals surface area (Å²) in [7, 11) is 0. The van der Waals surface area contributed by atoms with Crippen molar-refractivity contribution in [1.82, 2.24) is 10.4 Å². The summed E-state index contributed by atoms with van der Waals surface area (Å²) in [5.41, 5.74) is 6.80. The van der Waals surface area contributed by atoms with Crippen molar-refractivity contribution in [2.24, 2.45) is 5.84 Å². The highest BCUT2D eigenvalue weighted by Crippen LogP contribution is 2.41. The monoisotopic (exact) mass is 299 g/mol. The zero-order valence-electron chi connectivity index (χ0n) is 12.3. The molecule has 1 aromatic heterocycles. The zero-order valence-corrected chi connectivity index (χ0v) is 13.1. The average molecular weight is 299 g/mol. The lowest BCUT2D eigenvalue weighted by Gasteiger charge is -2.23. The van der Waals surface area contributed by atoms with Gasteiger partial charge in [-0.15, -0.1) is 11.8 Å². The molecule has 0 saturated carbocycles.